The molecule has 1 aromatic carbocycles. The minimum Gasteiger partial charge on any atom is -0.399 e. The topological polar surface area (TPSA) is 82.5 Å². The molecule has 0 aliphatic heterocycles. The zero-order valence-corrected chi connectivity index (χ0v) is 9.43. The van der Waals surface area contributed by atoms with Gasteiger partial charge in [0.05, 0.1) is 0 Å². The van der Waals surface area contributed by atoms with Crippen LogP contribution in [0.5, 0.6) is 0 Å². The van der Waals surface area contributed by atoms with E-state index in [9.17, 15) is 0 Å². The number of anilines is 1. The van der Waals surface area contributed by atoms with Crippen LogP contribution in [0.25, 0.3) is 17.2 Å². The third kappa shape index (κ3) is 1.91. The molecule has 0 spiro atoms. The minimum absolute atomic E-state index is 0.633. The fraction of sp³-hybridized carbons (Fsp3) is 0. The Morgan fingerprint density at radius 1 is 1.00 bits per heavy atom. The lowest BCUT2D eigenvalue weighted by Gasteiger charge is -1.97. The summed E-state index contributed by atoms with van der Waals surface area (Å²) in [5.41, 5.74) is 7.27. The van der Waals surface area contributed by atoms with Gasteiger partial charge >= 0.3 is 0 Å². The molecule has 0 aliphatic carbocycles. The average Bonchev–Trinajstić information content (AvgIpc) is 2.90. The van der Waals surface area contributed by atoms with E-state index >= 15 is 0 Å². The van der Waals surface area contributed by atoms with Gasteiger partial charge in [-0.05, 0) is 24.3 Å². The van der Waals surface area contributed by atoms with Gasteiger partial charge in [0.1, 0.15) is 12.7 Å². The second kappa shape index (κ2) is 4.25. The highest BCUT2D eigenvalue weighted by Crippen LogP contribution is 2.16. The first-order valence-electron chi connectivity index (χ1n) is 5.37. The summed E-state index contributed by atoms with van der Waals surface area (Å²) < 4.78 is 1.60. The van der Waals surface area contributed by atoms with Crippen LogP contribution in [0.15, 0.2) is 49.2 Å². The molecule has 0 atom stereocenters. The monoisotopic (exact) mass is 238 g/mol. The molecule has 0 bridgehead atoms. The van der Waals surface area contributed by atoms with Crippen LogP contribution in [-0.4, -0.2) is 24.7 Å². The van der Waals surface area contributed by atoms with Crippen LogP contribution in [0, 0.1) is 0 Å². The highest BCUT2D eigenvalue weighted by molar-refractivity contribution is 5.58. The van der Waals surface area contributed by atoms with Crippen LogP contribution >= 0.6 is 0 Å². The highest BCUT2D eigenvalue weighted by atomic mass is 15.4. The second-order valence-corrected chi connectivity index (χ2v) is 3.70. The molecule has 0 amide bonds. The molecular weight excluding hydrogens is 228 g/mol. The van der Waals surface area contributed by atoms with Crippen molar-refractivity contribution in [2.75, 3.05) is 5.73 Å². The molecule has 0 unspecified atom stereocenters. The van der Waals surface area contributed by atoms with Crippen LogP contribution in [0.3, 0.4) is 0 Å². The van der Waals surface area contributed by atoms with Crippen molar-refractivity contribution in [3.05, 3.63) is 49.2 Å². The van der Waals surface area contributed by atoms with Gasteiger partial charge in [-0.2, -0.15) is 0 Å². The smallest absolute Gasteiger partial charge is 0.181 e. The van der Waals surface area contributed by atoms with Gasteiger partial charge < -0.3 is 5.73 Å². The molecule has 6 nitrogen and oxygen atoms in total. The van der Waals surface area contributed by atoms with E-state index in [1.807, 2.05) is 24.3 Å². The first-order valence-corrected chi connectivity index (χ1v) is 5.37. The van der Waals surface area contributed by atoms with Gasteiger partial charge in [-0.1, -0.05) is 0 Å². The van der Waals surface area contributed by atoms with Crippen molar-refractivity contribution in [2.45, 2.75) is 0 Å². The Hall–Kier alpha value is -2.76. The third-order valence-corrected chi connectivity index (χ3v) is 2.46. The molecule has 6 heteroatoms. The molecule has 2 N–H and O–H groups in total. The molecule has 0 fully saturated rings. The lowest BCUT2D eigenvalue weighted by molar-refractivity contribution is 0.840. The summed E-state index contributed by atoms with van der Waals surface area (Å²) >= 11 is 0. The normalized spacial score (nSPS) is 10.4. The Labute approximate surface area is 103 Å². The molecule has 18 heavy (non-hydrogen) atoms. The van der Waals surface area contributed by atoms with Crippen molar-refractivity contribution in [1.82, 2.24) is 24.7 Å². The summed E-state index contributed by atoms with van der Waals surface area (Å²) in [5, 5.41) is 4.35. The average molecular weight is 238 g/mol. The number of nitrogens with zero attached hydrogens (tertiary/aromatic N) is 5. The van der Waals surface area contributed by atoms with Crippen molar-refractivity contribution < 1.29 is 0 Å². The maximum atomic E-state index is 5.64. The highest BCUT2D eigenvalue weighted by Gasteiger charge is 2.05. The van der Waals surface area contributed by atoms with Gasteiger partial charge in [0.2, 0.25) is 0 Å². The van der Waals surface area contributed by atoms with Crippen LogP contribution in [0.1, 0.15) is 0 Å². The lowest BCUT2D eigenvalue weighted by atomic mass is 10.2. The molecule has 0 aliphatic rings. The lowest BCUT2D eigenvalue weighted by Crippen LogP contribution is -1.98. The number of aromatic nitrogens is 5. The van der Waals surface area contributed by atoms with E-state index in [4.69, 9.17) is 5.73 Å². The van der Waals surface area contributed by atoms with E-state index in [-0.39, 0.29) is 0 Å². The summed E-state index contributed by atoms with van der Waals surface area (Å²) in [6, 6.07) is 9.17. The van der Waals surface area contributed by atoms with Crippen molar-refractivity contribution in [3.63, 3.8) is 0 Å². The Kier molecular flexibility index (Phi) is 2.45. The zero-order valence-electron chi connectivity index (χ0n) is 9.43. The van der Waals surface area contributed by atoms with Crippen molar-refractivity contribution in [1.29, 1.82) is 0 Å². The number of nitrogens with two attached hydrogens (primary N) is 1. The number of hydrogen-bond donors (Lipinski definition) is 1. The molecular formula is C12H10N6. The number of rotatable bonds is 2. The molecule has 0 saturated heterocycles. The SMILES string of the molecule is Nc1ccc(-c2ncn(-c3ccncn3)n2)cc1. The van der Waals surface area contributed by atoms with Crippen molar-refractivity contribution >= 4 is 5.69 Å². The fourth-order valence-corrected chi connectivity index (χ4v) is 1.56. The van der Waals surface area contributed by atoms with Crippen LogP contribution in [0.4, 0.5) is 5.69 Å². The molecule has 3 aromatic rings. The van der Waals surface area contributed by atoms with Gasteiger partial charge in [0.25, 0.3) is 0 Å². The first-order chi connectivity index (χ1) is 8.83. The maximum Gasteiger partial charge on any atom is 0.181 e. The summed E-state index contributed by atoms with van der Waals surface area (Å²) in [7, 11) is 0. The standard InChI is InChI=1S/C12H10N6/c13-10-3-1-9(2-4-10)12-16-8-18(17-12)11-5-6-14-7-15-11/h1-8H,13H2. The second-order valence-electron chi connectivity index (χ2n) is 3.70. The largest absolute Gasteiger partial charge is 0.399 e. The first kappa shape index (κ1) is 10.4. The molecule has 0 saturated carbocycles. The maximum absolute atomic E-state index is 5.64. The van der Waals surface area contributed by atoms with Gasteiger partial charge in [0.15, 0.2) is 11.6 Å². The van der Waals surface area contributed by atoms with Crippen molar-refractivity contribution in [3.8, 4) is 17.2 Å². The Morgan fingerprint density at radius 3 is 2.56 bits per heavy atom. The van der Waals surface area contributed by atoms with E-state index in [2.05, 4.69) is 20.1 Å². The summed E-state index contributed by atoms with van der Waals surface area (Å²) in [6.07, 6.45) is 4.75. The van der Waals surface area contributed by atoms with E-state index in [0.717, 1.165) is 5.56 Å². The van der Waals surface area contributed by atoms with E-state index < -0.39 is 0 Å². The van der Waals surface area contributed by atoms with Gasteiger partial charge in [0, 0.05) is 23.5 Å². The van der Waals surface area contributed by atoms with Crippen LogP contribution in [-0.2, 0) is 0 Å². The minimum atomic E-state index is 0.633. The number of nitrogen functional groups attached to an aromatic ring is 1. The van der Waals surface area contributed by atoms with E-state index in [1.54, 1.807) is 23.3 Å². The fourth-order valence-electron chi connectivity index (χ4n) is 1.56. The molecule has 3 rings (SSSR count). The summed E-state index contributed by atoms with van der Waals surface area (Å²) in [6.45, 7) is 0. The third-order valence-electron chi connectivity index (χ3n) is 2.46. The van der Waals surface area contributed by atoms with Gasteiger partial charge in [-0.15, -0.1) is 5.10 Å². The van der Waals surface area contributed by atoms with Gasteiger partial charge in [-0.25, -0.2) is 19.6 Å². The van der Waals surface area contributed by atoms with Crippen LogP contribution < -0.4 is 5.73 Å². The summed E-state index contributed by atoms with van der Waals surface area (Å²) in [5.74, 6) is 1.31. The Morgan fingerprint density at radius 2 is 1.83 bits per heavy atom. The molecule has 2 aromatic heterocycles. The van der Waals surface area contributed by atoms with Crippen LogP contribution in [0.2, 0.25) is 0 Å². The van der Waals surface area contributed by atoms with E-state index in [0.29, 0.717) is 17.3 Å². The Balaban J connectivity index is 1.97. The van der Waals surface area contributed by atoms with Gasteiger partial charge in [-0.3, -0.25) is 0 Å². The molecule has 2 heterocycles. The Bertz CT molecular complexity index is 644. The predicted molar refractivity (Wildman–Crippen MR) is 66.8 cm³/mol. The van der Waals surface area contributed by atoms with Crippen molar-refractivity contribution in [2.24, 2.45) is 0 Å². The predicted octanol–water partition coefficient (Wildman–Crippen LogP) is 1.31. The molecule has 88 valence electrons. The number of hydrogen-bond acceptors (Lipinski definition) is 5. The molecule has 0 radical (unpaired) electrons. The zero-order chi connectivity index (χ0) is 12.4. The van der Waals surface area contributed by atoms with E-state index in [1.165, 1.54) is 6.33 Å². The quantitative estimate of drug-likeness (QED) is 0.680. The number of benzene rings is 1. The summed E-state index contributed by atoms with van der Waals surface area (Å²) in [4.78, 5) is 12.2.